The van der Waals surface area contributed by atoms with Crippen LogP contribution in [0.2, 0.25) is 10.0 Å². The number of benzene rings is 2. The number of hydrazine groups is 1. The van der Waals surface area contributed by atoms with Gasteiger partial charge in [-0.3, -0.25) is 20.4 Å². The molecule has 11 heteroatoms. The molecule has 1 heterocycles. The zero-order chi connectivity index (χ0) is 22.6. The number of hydrogen-bond acceptors (Lipinski definition) is 5. The van der Waals surface area contributed by atoms with Gasteiger partial charge in [-0.1, -0.05) is 29.3 Å². The molecule has 1 unspecified atom stereocenters. The molecular weight excluding hydrogens is 465 g/mol. The summed E-state index contributed by atoms with van der Waals surface area (Å²) in [5, 5.41) is 0.669. The number of hydrogen-bond donors (Lipinski definition) is 2. The Hall–Kier alpha value is -2.33. The number of nitrogens with one attached hydrogen (secondary N) is 2. The standard InChI is InChI=1S/C20H21Cl2N3O5S/c1-13(30-18-8-7-15(21)12-17(18)22)19(26)23-24-20(27)14-5-4-6-16(11-14)31(28,29)25-9-2-3-10-25/h4-8,11-13H,2-3,9-10H2,1H3,(H,23,26)(H,24,27). The number of halogens is 2. The number of ether oxygens (including phenoxy) is 1. The predicted octanol–water partition coefficient (Wildman–Crippen LogP) is 3.01. The third-order valence-corrected chi connectivity index (χ3v) is 7.09. The number of rotatable bonds is 6. The fourth-order valence-electron chi connectivity index (χ4n) is 2.98. The van der Waals surface area contributed by atoms with Gasteiger partial charge < -0.3 is 4.74 Å². The molecule has 1 atom stereocenters. The fourth-order valence-corrected chi connectivity index (χ4v) is 5.00. The molecule has 2 amide bonds. The van der Waals surface area contributed by atoms with Gasteiger partial charge in [0.15, 0.2) is 6.10 Å². The summed E-state index contributed by atoms with van der Waals surface area (Å²) in [5.41, 5.74) is 4.60. The van der Waals surface area contributed by atoms with Gasteiger partial charge in [0.2, 0.25) is 10.0 Å². The van der Waals surface area contributed by atoms with Crippen LogP contribution >= 0.6 is 23.2 Å². The lowest BCUT2D eigenvalue weighted by atomic mass is 10.2. The van der Waals surface area contributed by atoms with Gasteiger partial charge in [-0.25, -0.2) is 8.42 Å². The summed E-state index contributed by atoms with van der Waals surface area (Å²) in [6.07, 6.45) is 0.653. The molecular formula is C20H21Cl2N3O5S. The summed E-state index contributed by atoms with van der Waals surface area (Å²) in [6, 6.07) is 10.2. The second-order valence-corrected chi connectivity index (χ2v) is 9.70. The predicted molar refractivity (Wildman–Crippen MR) is 117 cm³/mol. The third kappa shape index (κ3) is 5.68. The Kier molecular flexibility index (Phi) is 7.42. The molecule has 0 saturated carbocycles. The molecule has 1 aliphatic rings. The Labute approximate surface area is 190 Å². The van der Waals surface area contributed by atoms with E-state index < -0.39 is 27.9 Å². The van der Waals surface area contributed by atoms with E-state index in [0.717, 1.165) is 12.8 Å². The van der Waals surface area contributed by atoms with Crippen molar-refractivity contribution in [3.63, 3.8) is 0 Å². The van der Waals surface area contributed by atoms with Crippen molar-refractivity contribution in [2.24, 2.45) is 0 Å². The van der Waals surface area contributed by atoms with Crippen LogP contribution in [0.1, 0.15) is 30.1 Å². The first-order valence-corrected chi connectivity index (χ1v) is 11.7. The minimum atomic E-state index is -3.66. The molecule has 0 radical (unpaired) electrons. The number of amides is 2. The van der Waals surface area contributed by atoms with E-state index in [0.29, 0.717) is 18.1 Å². The highest BCUT2D eigenvalue weighted by atomic mass is 35.5. The van der Waals surface area contributed by atoms with Crippen molar-refractivity contribution in [1.29, 1.82) is 0 Å². The zero-order valence-electron chi connectivity index (χ0n) is 16.6. The van der Waals surface area contributed by atoms with Crippen LogP contribution < -0.4 is 15.6 Å². The maximum Gasteiger partial charge on any atom is 0.279 e. The average Bonchev–Trinajstić information content (AvgIpc) is 3.29. The number of nitrogens with zero attached hydrogens (tertiary/aromatic N) is 1. The van der Waals surface area contributed by atoms with Crippen LogP contribution in [0.5, 0.6) is 5.75 Å². The van der Waals surface area contributed by atoms with E-state index in [4.69, 9.17) is 27.9 Å². The number of sulfonamides is 1. The van der Waals surface area contributed by atoms with Crippen LogP contribution in [0.25, 0.3) is 0 Å². The van der Waals surface area contributed by atoms with Gasteiger partial charge in [-0.05, 0) is 56.2 Å². The smallest absolute Gasteiger partial charge is 0.279 e. The van der Waals surface area contributed by atoms with Gasteiger partial charge in [0, 0.05) is 23.7 Å². The van der Waals surface area contributed by atoms with Crippen molar-refractivity contribution in [2.75, 3.05) is 13.1 Å². The summed E-state index contributed by atoms with van der Waals surface area (Å²) >= 11 is 11.8. The Morgan fingerprint density at radius 2 is 1.77 bits per heavy atom. The minimum absolute atomic E-state index is 0.0301. The van der Waals surface area contributed by atoms with Gasteiger partial charge in [0.1, 0.15) is 5.75 Å². The lowest BCUT2D eigenvalue weighted by Gasteiger charge is -2.17. The highest BCUT2D eigenvalue weighted by molar-refractivity contribution is 7.89. The van der Waals surface area contributed by atoms with E-state index in [-0.39, 0.29) is 21.2 Å². The van der Waals surface area contributed by atoms with Crippen LogP contribution in [-0.2, 0) is 14.8 Å². The summed E-state index contributed by atoms with van der Waals surface area (Å²) in [4.78, 5) is 24.7. The van der Waals surface area contributed by atoms with Crippen LogP contribution in [0, 0.1) is 0 Å². The summed E-state index contributed by atoms with van der Waals surface area (Å²) in [5.74, 6) is -1.02. The number of carbonyl (C=O) groups is 2. The largest absolute Gasteiger partial charge is 0.479 e. The fraction of sp³-hybridized carbons (Fsp3) is 0.300. The summed E-state index contributed by atoms with van der Waals surface area (Å²) in [7, 11) is -3.66. The Balaban J connectivity index is 1.60. The zero-order valence-corrected chi connectivity index (χ0v) is 18.9. The molecule has 166 valence electrons. The van der Waals surface area contributed by atoms with Gasteiger partial charge in [-0.15, -0.1) is 0 Å². The quantitative estimate of drug-likeness (QED) is 0.611. The van der Waals surface area contributed by atoms with Crippen LogP contribution in [-0.4, -0.2) is 43.7 Å². The minimum Gasteiger partial charge on any atom is -0.479 e. The second kappa shape index (κ2) is 9.86. The molecule has 0 aromatic heterocycles. The van der Waals surface area contributed by atoms with Crippen molar-refractivity contribution in [1.82, 2.24) is 15.2 Å². The molecule has 2 N–H and O–H groups in total. The van der Waals surface area contributed by atoms with E-state index in [9.17, 15) is 18.0 Å². The summed E-state index contributed by atoms with van der Waals surface area (Å²) in [6.45, 7) is 2.41. The Morgan fingerprint density at radius 3 is 2.45 bits per heavy atom. The molecule has 1 saturated heterocycles. The molecule has 0 bridgehead atoms. The van der Waals surface area contributed by atoms with Crippen LogP contribution in [0.4, 0.5) is 0 Å². The van der Waals surface area contributed by atoms with E-state index in [2.05, 4.69) is 10.9 Å². The SMILES string of the molecule is CC(Oc1ccc(Cl)cc1Cl)C(=O)NNC(=O)c1cccc(S(=O)(=O)N2CCCC2)c1. The molecule has 0 aliphatic carbocycles. The highest BCUT2D eigenvalue weighted by Gasteiger charge is 2.27. The third-order valence-electron chi connectivity index (χ3n) is 4.67. The molecule has 0 spiro atoms. The first kappa shape index (κ1) is 23.3. The van der Waals surface area contributed by atoms with E-state index in [1.165, 1.54) is 47.6 Å². The van der Waals surface area contributed by atoms with E-state index >= 15 is 0 Å². The molecule has 1 aliphatic heterocycles. The summed E-state index contributed by atoms with van der Waals surface area (Å²) < 4.78 is 32.2. The molecule has 3 rings (SSSR count). The number of carbonyl (C=O) groups excluding carboxylic acids is 2. The molecule has 2 aromatic carbocycles. The van der Waals surface area contributed by atoms with Crippen molar-refractivity contribution < 1.29 is 22.7 Å². The first-order chi connectivity index (χ1) is 14.7. The van der Waals surface area contributed by atoms with Crippen molar-refractivity contribution in [3.8, 4) is 5.75 Å². The Bertz CT molecular complexity index is 1090. The monoisotopic (exact) mass is 485 g/mol. The van der Waals surface area contributed by atoms with Crippen molar-refractivity contribution >= 4 is 45.0 Å². The van der Waals surface area contributed by atoms with E-state index in [1.54, 1.807) is 6.07 Å². The molecule has 2 aromatic rings. The molecule has 31 heavy (non-hydrogen) atoms. The van der Waals surface area contributed by atoms with Gasteiger partial charge in [0.05, 0.1) is 9.92 Å². The van der Waals surface area contributed by atoms with Crippen LogP contribution in [0.3, 0.4) is 0 Å². The van der Waals surface area contributed by atoms with Crippen LogP contribution in [0.15, 0.2) is 47.4 Å². The average molecular weight is 486 g/mol. The second-order valence-electron chi connectivity index (χ2n) is 6.92. The normalized spacial score (nSPS) is 15.3. The lowest BCUT2D eigenvalue weighted by Crippen LogP contribution is -2.47. The van der Waals surface area contributed by atoms with Gasteiger partial charge in [-0.2, -0.15) is 4.31 Å². The van der Waals surface area contributed by atoms with Gasteiger partial charge in [0.25, 0.3) is 11.8 Å². The maximum absolute atomic E-state index is 12.7. The Morgan fingerprint density at radius 1 is 1.06 bits per heavy atom. The van der Waals surface area contributed by atoms with Gasteiger partial charge >= 0.3 is 0 Å². The topological polar surface area (TPSA) is 105 Å². The first-order valence-electron chi connectivity index (χ1n) is 9.50. The maximum atomic E-state index is 12.7. The lowest BCUT2D eigenvalue weighted by molar-refractivity contribution is -0.128. The van der Waals surface area contributed by atoms with Crippen molar-refractivity contribution in [2.45, 2.75) is 30.8 Å². The van der Waals surface area contributed by atoms with Crippen molar-refractivity contribution in [3.05, 3.63) is 58.1 Å². The van der Waals surface area contributed by atoms with E-state index in [1.807, 2.05) is 0 Å². The molecule has 8 nitrogen and oxygen atoms in total. The molecule has 1 fully saturated rings. The highest BCUT2D eigenvalue weighted by Crippen LogP contribution is 2.28.